The number of benzene rings is 1. The Morgan fingerprint density at radius 3 is 2.71 bits per heavy atom. The van der Waals surface area contributed by atoms with E-state index >= 15 is 0 Å². The molecule has 76 valence electrons. The van der Waals surface area contributed by atoms with E-state index < -0.39 is 0 Å². The van der Waals surface area contributed by atoms with Crippen molar-refractivity contribution in [3.8, 4) is 0 Å². The number of para-hydroxylation sites is 1. The van der Waals surface area contributed by atoms with Crippen molar-refractivity contribution < 1.29 is 9.66 Å². The zero-order valence-corrected chi connectivity index (χ0v) is 8.27. The van der Waals surface area contributed by atoms with Crippen molar-refractivity contribution in [1.82, 2.24) is 0 Å². The molecule has 4 nitrogen and oxygen atoms in total. The number of hydrogen-bond donors (Lipinski definition) is 0. The van der Waals surface area contributed by atoms with E-state index in [0.29, 0.717) is 12.0 Å². The molecule has 0 saturated heterocycles. The average Bonchev–Trinajstić information content (AvgIpc) is 2.18. The Kier molecular flexibility index (Phi) is 3.59. The van der Waals surface area contributed by atoms with Gasteiger partial charge in [-0.05, 0) is 6.92 Å². The highest BCUT2D eigenvalue weighted by molar-refractivity contribution is 5.40. The highest BCUT2D eigenvalue weighted by Gasteiger charge is 2.14. The first-order valence-corrected chi connectivity index (χ1v) is 4.40. The van der Waals surface area contributed by atoms with E-state index in [-0.39, 0.29) is 16.7 Å². The van der Waals surface area contributed by atoms with Crippen LogP contribution in [-0.2, 0) is 11.2 Å². The maximum Gasteiger partial charge on any atom is 0.272 e. The number of nitrogens with zero attached hydrogens (tertiary/aromatic N) is 1. The van der Waals surface area contributed by atoms with Gasteiger partial charge in [0.1, 0.15) is 0 Å². The zero-order valence-electron chi connectivity index (χ0n) is 8.27. The predicted octanol–water partition coefficient (Wildman–Crippen LogP) is 2.17. The lowest BCUT2D eigenvalue weighted by Crippen LogP contribution is -2.09. The number of nitro groups is 1. The Bertz CT molecular complexity index is 325. The minimum atomic E-state index is -0.363. The molecule has 0 aliphatic rings. The Labute approximate surface area is 82.7 Å². The van der Waals surface area contributed by atoms with Crippen molar-refractivity contribution in [2.45, 2.75) is 19.4 Å². The topological polar surface area (TPSA) is 52.4 Å². The summed E-state index contributed by atoms with van der Waals surface area (Å²) in [6.07, 6.45) is 0.560. The minimum Gasteiger partial charge on any atom is -0.381 e. The molecule has 0 radical (unpaired) electrons. The Morgan fingerprint density at radius 1 is 1.50 bits per heavy atom. The van der Waals surface area contributed by atoms with Gasteiger partial charge >= 0.3 is 0 Å². The first kappa shape index (κ1) is 10.7. The van der Waals surface area contributed by atoms with Crippen LogP contribution in [0.25, 0.3) is 0 Å². The molecule has 1 atom stereocenters. The molecule has 4 heteroatoms. The summed E-state index contributed by atoms with van der Waals surface area (Å²) < 4.78 is 5.07. The molecule has 1 aromatic carbocycles. The van der Waals surface area contributed by atoms with Gasteiger partial charge in [0.25, 0.3) is 5.69 Å². The Hall–Kier alpha value is -1.42. The van der Waals surface area contributed by atoms with Crippen LogP contribution >= 0.6 is 0 Å². The van der Waals surface area contributed by atoms with Gasteiger partial charge in [0.2, 0.25) is 0 Å². The van der Waals surface area contributed by atoms with Crippen molar-refractivity contribution in [2.24, 2.45) is 0 Å². The van der Waals surface area contributed by atoms with Crippen molar-refractivity contribution in [1.29, 1.82) is 0 Å². The fourth-order valence-electron chi connectivity index (χ4n) is 1.25. The van der Waals surface area contributed by atoms with Gasteiger partial charge in [-0.15, -0.1) is 0 Å². The summed E-state index contributed by atoms with van der Waals surface area (Å²) in [5.74, 6) is 0. The second kappa shape index (κ2) is 4.72. The van der Waals surface area contributed by atoms with Crippen LogP contribution in [0.3, 0.4) is 0 Å². The van der Waals surface area contributed by atoms with Crippen molar-refractivity contribution in [2.75, 3.05) is 7.11 Å². The summed E-state index contributed by atoms with van der Waals surface area (Å²) in [6, 6.07) is 6.73. The lowest BCUT2D eigenvalue weighted by atomic mass is 10.1. The molecule has 0 N–H and O–H groups in total. The SMILES string of the molecule is COC(C)Cc1ccccc1[N+](=O)[O-]. The first-order valence-electron chi connectivity index (χ1n) is 4.40. The minimum absolute atomic E-state index is 0.00361. The van der Waals surface area contributed by atoms with Gasteiger partial charge in [0.05, 0.1) is 11.0 Å². The zero-order chi connectivity index (χ0) is 10.6. The van der Waals surface area contributed by atoms with Gasteiger partial charge in [-0.3, -0.25) is 10.1 Å². The summed E-state index contributed by atoms with van der Waals surface area (Å²) in [6.45, 7) is 1.89. The summed E-state index contributed by atoms with van der Waals surface area (Å²) >= 11 is 0. The van der Waals surface area contributed by atoms with E-state index in [0.717, 1.165) is 0 Å². The fourth-order valence-corrected chi connectivity index (χ4v) is 1.25. The summed E-state index contributed by atoms with van der Waals surface area (Å²) in [7, 11) is 1.60. The van der Waals surface area contributed by atoms with Gasteiger partial charge in [0, 0.05) is 25.2 Å². The molecule has 0 aliphatic carbocycles. The number of rotatable bonds is 4. The quantitative estimate of drug-likeness (QED) is 0.546. The van der Waals surface area contributed by atoms with Gasteiger partial charge in [-0.2, -0.15) is 0 Å². The smallest absolute Gasteiger partial charge is 0.272 e. The van der Waals surface area contributed by atoms with Crippen molar-refractivity contribution >= 4 is 5.69 Å². The summed E-state index contributed by atoms with van der Waals surface area (Å²) in [4.78, 5) is 10.3. The molecule has 0 spiro atoms. The monoisotopic (exact) mass is 195 g/mol. The van der Waals surface area contributed by atoms with Crippen LogP contribution in [0.5, 0.6) is 0 Å². The second-order valence-electron chi connectivity index (χ2n) is 3.14. The molecular formula is C10H13NO3. The standard InChI is InChI=1S/C10H13NO3/c1-8(14-2)7-9-5-3-4-6-10(9)11(12)13/h3-6,8H,7H2,1-2H3. The van der Waals surface area contributed by atoms with Crippen LogP contribution in [0.4, 0.5) is 5.69 Å². The second-order valence-corrected chi connectivity index (χ2v) is 3.14. The molecule has 0 amide bonds. The Morgan fingerprint density at radius 2 is 2.14 bits per heavy atom. The summed E-state index contributed by atoms with van der Waals surface area (Å²) in [5, 5.41) is 10.7. The highest BCUT2D eigenvalue weighted by Crippen LogP contribution is 2.19. The maximum absolute atomic E-state index is 10.7. The van der Waals surface area contributed by atoms with Crippen LogP contribution in [0.2, 0.25) is 0 Å². The van der Waals surface area contributed by atoms with Crippen molar-refractivity contribution in [3.63, 3.8) is 0 Å². The van der Waals surface area contributed by atoms with Gasteiger partial charge in [-0.25, -0.2) is 0 Å². The van der Waals surface area contributed by atoms with E-state index in [1.807, 2.05) is 6.92 Å². The average molecular weight is 195 g/mol. The number of hydrogen-bond acceptors (Lipinski definition) is 3. The van der Waals surface area contributed by atoms with E-state index in [9.17, 15) is 10.1 Å². The molecule has 1 rings (SSSR count). The van der Waals surface area contributed by atoms with E-state index in [1.165, 1.54) is 6.07 Å². The number of methoxy groups -OCH3 is 1. The lowest BCUT2D eigenvalue weighted by molar-refractivity contribution is -0.385. The molecule has 0 saturated carbocycles. The van der Waals surface area contributed by atoms with E-state index in [2.05, 4.69) is 0 Å². The fraction of sp³-hybridized carbons (Fsp3) is 0.400. The highest BCUT2D eigenvalue weighted by atomic mass is 16.6. The maximum atomic E-state index is 10.7. The molecule has 0 aliphatic heterocycles. The molecule has 0 bridgehead atoms. The summed E-state index contributed by atoms with van der Waals surface area (Å²) in [5.41, 5.74) is 0.878. The van der Waals surface area contributed by atoms with Crippen LogP contribution < -0.4 is 0 Å². The van der Waals surface area contributed by atoms with Crippen molar-refractivity contribution in [3.05, 3.63) is 39.9 Å². The molecule has 0 fully saturated rings. The molecule has 1 unspecified atom stereocenters. The lowest BCUT2D eigenvalue weighted by Gasteiger charge is -2.08. The third-order valence-electron chi connectivity index (χ3n) is 2.10. The van der Waals surface area contributed by atoms with E-state index in [1.54, 1.807) is 25.3 Å². The van der Waals surface area contributed by atoms with Gasteiger partial charge in [-0.1, -0.05) is 18.2 Å². The third kappa shape index (κ3) is 2.53. The Balaban J connectivity index is 2.90. The number of ether oxygens (including phenoxy) is 1. The number of nitro benzene ring substituents is 1. The van der Waals surface area contributed by atoms with Gasteiger partial charge < -0.3 is 4.74 Å². The molecule has 0 heterocycles. The molecular weight excluding hydrogens is 182 g/mol. The normalized spacial score (nSPS) is 12.4. The van der Waals surface area contributed by atoms with Crippen LogP contribution in [0.1, 0.15) is 12.5 Å². The molecule has 14 heavy (non-hydrogen) atoms. The molecule has 1 aromatic rings. The third-order valence-corrected chi connectivity index (χ3v) is 2.10. The largest absolute Gasteiger partial charge is 0.381 e. The molecule has 0 aromatic heterocycles. The van der Waals surface area contributed by atoms with Crippen LogP contribution in [0.15, 0.2) is 24.3 Å². The van der Waals surface area contributed by atoms with Crippen LogP contribution in [-0.4, -0.2) is 18.1 Å². The predicted molar refractivity (Wildman–Crippen MR) is 53.3 cm³/mol. The first-order chi connectivity index (χ1) is 6.65. The van der Waals surface area contributed by atoms with Crippen LogP contribution in [0, 0.1) is 10.1 Å². The van der Waals surface area contributed by atoms with Gasteiger partial charge in [0.15, 0.2) is 0 Å². The van der Waals surface area contributed by atoms with E-state index in [4.69, 9.17) is 4.74 Å².